The third kappa shape index (κ3) is 74.8. The lowest BCUT2D eigenvalue weighted by atomic mass is 10.0. The van der Waals surface area contributed by atoms with Gasteiger partial charge in [0.15, 0.2) is 6.10 Å². The van der Waals surface area contributed by atoms with Crippen molar-refractivity contribution in [3.63, 3.8) is 0 Å². The van der Waals surface area contributed by atoms with Gasteiger partial charge in [0.25, 0.3) is 6.29 Å². The molecular weight excluding hydrogens is 1160 g/mol. The number of unbranched alkanes of at least 4 members (excludes halogenated alkanes) is 34. The highest BCUT2D eigenvalue weighted by Crippen LogP contribution is 2.18. The summed E-state index contributed by atoms with van der Waals surface area (Å²) in [5.41, 5.74) is 0. The van der Waals surface area contributed by atoms with Gasteiger partial charge in [-0.15, -0.1) is 0 Å². The Morgan fingerprint density at radius 3 is 0.904 bits per heavy atom. The number of rotatable bonds is 71. The fraction of sp³-hybridized carbons (Fsp3) is 0.706. The van der Waals surface area contributed by atoms with Crippen molar-refractivity contribution >= 4 is 17.9 Å². The van der Waals surface area contributed by atoms with Crippen LogP contribution in [0.15, 0.2) is 134 Å². The molecule has 538 valence electrons. The minimum Gasteiger partial charge on any atom is -0.477 e. The Morgan fingerprint density at radius 2 is 0.606 bits per heavy atom. The number of aliphatic carboxylic acids is 1. The van der Waals surface area contributed by atoms with Crippen molar-refractivity contribution in [2.45, 2.75) is 341 Å². The molecule has 0 amide bonds. The molecule has 0 aliphatic heterocycles. The lowest BCUT2D eigenvalue weighted by Crippen LogP contribution is -2.40. The smallest absolute Gasteiger partial charge is 0.361 e. The van der Waals surface area contributed by atoms with Crippen LogP contribution in [-0.4, -0.2) is 87.4 Å². The topological polar surface area (TPSA) is 108 Å². The van der Waals surface area contributed by atoms with Gasteiger partial charge in [0.1, 0.15) is 13.2 Å². The van der Waals surface area contributed by atoms with E-state index >= 15 is 0 Å². The monoisotopic (exact) mass is 1310 g/mol. The Bertz CT molecular complexity index is 2010. The number of allylic oxidation sites excluding steroid dienone is 22. The molecule has 0 aromatic carbocycles. The van der Waals surface area contributed by atoms with Crippen LogP contribution in [0.5, 0.6) is 0 Å². The van der Waals surface area contributed by atoms with Crippen LogP contribution >= 0.6 is 0 Å². The van der Waals surface area contributed by atoms with Gasteiger partial charge in [-0.1, -0.05) is 353 Å². The van der Waals surface area contributed by atoms with Crippen molar-refractivity contribution in [3.05, 3.63) is 134 Å². The summed E-state index contributed by atoms with van der Waals surface area (Å²) in [5.74, 6) is -2.03. The standard InChI is InChI=1S/C85H145NO8/c1-6-8-10-12-14-16-18-20-22-24-26-28-30-32-34-36-38-39-40-41-42-43-44-45-46-48-50-52-54-56-58-60-62-64-66-68-70-72-74-76-83(88)94-81(80-93-85(84(89)90)91-78-77-86(3,4)5)79-92-82(87)75-73-71-69-67-65-63-61-59-57-55-53-51-49-47-37-35-33-31-29-27-25-23-21-19-17-15-13-11-9-7-2/h8,10,14,16,20,22,26,28,32,34,38-39,41-42,44-45,48,50,54,56,60,62,81,85H,6-7,9,11-13,15,17-19,21,23-25,27,29-31,33,35-37,40,43,46-47,49,51-53,55,57-59,61,63-80H2,1-5H3/p+1/b10-8-,16-14-,22-20-,28-26-,34-32-,39-38-,42-41-,45-44-,50-48-,56-54-,62-60-. The minimum atomic E-state index is -1.52. The maximum Gasteiger partial charge on any atom is 0.361 e. The second kappa shape index (κ2) is 74.2. The van der Waals surface area contributed by atoms with Gasteiger partial charge in [-0.2, -0.15) is 0 Å². The molecule has 0 saturated carbocycles. The summed E-state index contributed by atoms with van der Waals surface area (Å²) in [6.07, 6.45) is 104. The first kappa shape index (κ1) is 89.4. The van der Waals surface area contributed by atoms with Gasteiger partial charge in [0, 0.05) is 12.8 Å². The van der Waals surface area contributed by atoms with Gasteiger partial charge in [0.05, 0.1) is 34.4 Å². The molecule has 0 aromatic heterocycles. The Balaban J connectivity index is 4.15. The summed E-state index contributed by atoms with van der Waals surface area (Å²) >= 11 is 0. The number of nitrogens with zero attached hydrogens (tertiary/aromatic N) is 1. The van der Waals surface area contributed by atoms with Gasteiger partial charge in [-0.3, -0.25) is 9.59 Å². The summed E-state index contributed by atoms with van der Waals surface area (Å²) in [5, 5.41) is 9.76. The van der Waals surface area contributed by atoms with E-state index < -0.39 is 24.3 Å². The quantitative estimate of drug-likeness (QED) is 0.0211. The van der Waals surface area contributed by atoms with Crippen LogP contribution in [0, 0.1) is 0 Å². The number of carbonyl (C=O) groups excluding carboxylic acids is 2. The molecule has 0 rings (SSSR count). The first-order chi connectivity index (χ1) is 46.1. The molecule has 9 nitrogen and oxygen atoms in total. The van der Waals surface area contributed by atoms with Crippen molar-refractivity contribution in [1.82, 2.24) is 0 Å². The van der Waals surface area contributed by atoms with Gasteiger partial charge in [-0.05, 0) is 96.3 Å². The molecule has 0 saturated heterocycles. The Kier molecular flexibility index (Phi) is 70.6. The predicted octanol–water partition coefficient (Wildman–Crippen LogP) is 24.9. The first-order valence-electron chi connectivity index (χ1n) is 38.8. The molecule has 0 bridgehead atoms. The van der Waals surface area contributed by atoms with E-state index in [4.69, 9.17) is 18.9 Å². The normalized spacial score (nSPS) is 13.4. The Morgan fingerprint density at radius 1 is 0.330 bits per heavy atom. The van der Waals surface area contributed by atoms with E-state index in [1.54, 1.807) is 0 Å². The Labute approximate surface area is 580 Å². The highest BCUT2D eigenvalue weighted by molar-refractivity contribution is 5.71. The van der Waals surface area contributed by atoms with Crippen molar-refractivity contribution < 1.29 is 42.9 Å². The average Bonchev–Trinajstić information content (AvgIpc) is 3.76. The van der Waals surface area contributed by atoms with Crippen LogP contribution in [0.1, 0.15) is 328 Å². The lowest BCUT2D eigenvalue weighted by molar-refractivity contribution is -0.870. The Hall–Kier alpha value is -4.57. The maximum absolute atomic E-state index is 13.0. The summed E-state index contributed by atoms with van der Waals surface area (Å²) in [6, 6.07) is 0. The number of likely N-dealkylation sites (N-methyl/N-ethyl adjacent to an activating group) is 1. The van der Waals surface area contributed by atoms with Crippen LogP contribution in [0.4, 0.5) is 0 Å². The second-order valence-electron chi connectivity index (χ2n) is 26.9. The van der Waals surface area contributed by atoms with E-state index in [1.165, 1.54) is 173 Å². The molecule has 0 fully saturated rings. The summed E-state index contributed by atoms with van der Waals surface area (Å²) in [4.78, 5) is 37.7. The molecule has 9 heteroatoms. The molecule has 94 heavy (non-hydrogen) atoms. The molecule has 2 unspecified atom stereocenters. The highest BCUT2D eigenvalue weighted by atomic mass is 16.7. The van der Waals surface area contributed by atoms with Crippen molar-refractivity contribution in [1.29, 1.82) is 0 Å². The zero-order chi connectivity index (χ0) is 68.2. The second-order valence-corrected chi connectivity index (χ2v) is 26.9. The summed E-state index contributed by atoms with van der Waals surface area (Å²) in [6.45, 7) is 4.77. The summed E-state index contributed by atoms with van der Waals surface area (Å²) in [7, 11) is 5.97. The van der Waals surface area contributed by atoms with Gasteiger partial charge in [-0.25, -0.2) is 4.79 Å². The third-order valence-electron chi connectivity index (χ3n) is 16.7. The predicted molar refractivity (Wildman–Crippen MR) is 405 cm³/mol. The van der Waals surface area contributed by atoms with Crippen LogP contribution in [-0.2, 0) is 33.3 Å². The molecule has 2 atom stereocenters. The van der Waals surface area contributed by atoms with Gasteiger partial charge >= 0.3 is 17.9 Å². The molecule has 0 radical (unpaired) electrons. The highest BCUT2D eigenvalue weighted by Gasteiger charge is 2.25. The molecule has 0 spiro atoms. The number of ether oxygens (including phenoxy) is 4. The number of hydrogen-bond donors (Lipinski definition) is 1. The van der Waals surface area contributed by atoms with Crippen molar-refractivity contribution in [2.75, 3.05) is 47.5 Å². The molecular formula is C85H146NO8+. The minimum absolute atomic E-state index is 0.179. The average molecular weight is 1310 g/mol. The van der Waals surface area contributed by atoms with E-state index in [1.807, 2.05) is 21.1 Å². The SMILES string of the molecule is CC/C=C\C/C=C\C/C=C\C/C=C\C/C=C\C/C=C\C/C=C\C/C=C\C/C=C\C/C=C\C/C=C\CCCCCCCC(=O)OC(COC(=O)CCCCCCCCCCCCCCCCCCCCCCCCCCCCCCCC)COC(OCC[N+](C)(C)C)C(=O)O. The van der Waals surface area contributed by atoms with Gasteiger partial charge < -0.3 is 28.5 Å². The van der Waals surface area contributed by atoms with Crippen LogP contribution in [0.2, 0.25) is 0 Å². The number of carboxylic acid groups (broad SMARTS) is 1. The van der Waals surface area contributed by atoms with E-state index in [-0.39, 0.29) is 32.2 Å². The van der Waals surface area contributed by atoms with Crippen LogP contribution < -0.4 is 0 Å². The largest absolute Gasteiger partial charge is 0.477 e. The van der Waals surface area contributed by atoms with E-state index in [0.717, 1.165) is 122 Å². The molecule has 0 aliphatic carbocycles. The fourth-order valence-corrected chi connectivity index (χ4v) is 10.8. The van der Waals surface area contributed by atoms with E-state index in [2.05, 4.69) is 148 Å². The number of quaternary nitrogens is 1. The van der Waals surface area contributed by atoms with E-state index in [9.17, 15) is 19.5 Å². The van der Waals surface area contributed by atoms with Crippen molar-refractivity contribution in [2.24, 2.45) is 0 Å². The first-order valence-corrected chi connectivity index (χ1v) is 38.8. The fourth-order valence-electron chi connectivity index (χ4n) is 10.8. The van der Waals surface area contributed by atoms with Crippen LogP contribution in [0.3, 0.4) is 0 Å². The number of carbonyl (C=O) groups is 3. The number of esters is 2. The maximum atomic E-state index is 13.0. The lowest BCUT2D eigenvalue weighted by Gasteiger charge is -2.25. The molecule has 1 N–H and O–H groups in total. The zero-order valence-electron chi connectivity index (χ0n) is 61.6. The number of hydrogen-bond acceptors (Lipinski definition) is 7. The zero-order valence-corrected chi connectivity index (χ0v) is 61.6. The molecule has 0 aromatic rings. The summed E-state index contributed by atoms with van der Waals surface area (Å²) < 4.78 is 23.0. The van der Waals surface area contributed by atoms with Crippen LogP contribution in [0.25, 0.3) is 0 Å². The van der Waals surface area contributed by atoms with Crippen molar-refractivity contribution in [3.8, 4) is 0 Å². The molecule has 0 aliphatic rings. The van der Waals surface area contributed by atoms with E-state index in [0.29, 0.717) is 23.9 Å². The third-order valence-corrected chi connectivity index (χ3v) is 16.7. The number of carboxylic acids is 1. The molecule has 0 heterocycles. The van der Waals surface area contributed by atoms with Gasteiger partial charge in [0.2, 0.25) is 0 Å².